The van der Waals surface area contributed by atoms with Gasteiger partial charge >= 0.3 is 0 Å². The summed E-state index contributed by atoms with van der Waals surface area (Å²) in [6.07, 6.45) is 2.97. The van der Waals surface area contributed by atoms with Crippen LogP contribution in [-0.2, 0) is 13.0 Å². The first-order chi connectivity index (χ1) is 9.15. The quantitative estimate of drug-likeness (QED) is 0.926. The number of nitrogens with zero attached hydrogens (tertiary/aromatic N) is 1. The first kappa shape index (κ1) is 12.9. The smallest absolute Gasteiger partial charge is 0.251 e. The van der Waals surface area contributed by atoms with Gasteiger partial charge in [-0.15, -0.1) is 11.3 Å². The largest absolute Gasteiger partial charge is 0.324 e. The Balaban J connectivity index is 2.05. The fraction of sp³-hybridized carbons (Fsp3) is 0.357. The molecule has 0 radical (unpaired) electrons. The van der Waals surface area contributed by atoms with E-state index >= 15 is 0 Å². The molecule has 0 saturated carbocycles. The summed E-state index contributed by atoms with van der Waals surface area (Å²) in [4.78, 5) is 13.2. The Morgan fingerprint density at radius 2 is 2.21 bits per heavy atom. The van der Waals surface area contributed by atoms with Crippen LogP contribution in [0.5, 0.6) is 0 Å². The van der Waals surface area contributed by atoms with Crippen molar-refractivity contribution in [2.75, 3.05) is 0 Å². The molecule has 0 aromatic carbocycles. The Morgan fingerprint density at radius 1 is 1.37 bits per heavy atom. The molecule has 0 amide bonds. The molecule has 2 N–H and O–H groups in total. The van der Waals surface area contributed by atoms with Crippen LogP contribution in [0, 0.1) is 0 Å². The molecular weight excluding hydrogens is 280 g/mol. The fourth-order valence-electron chi connectivity index (χ4n) is 2.66. The van der Waals surface area contributed by atoms with Crippen molar-refractivity contribution in [1.29, 1.82) is 0 Å². The van der Waals surface area contributed by atoms with Crippen molar-refractivity contribution in [3.63, 3.8) is 0 Å². The van der Waals surface area contributed by atoms with Gasteiger partial charge in [0, 0.05) is 22.7 Å². The van der Waals surface area contributed by atoms with E-state index in [0.29, 0.717) is 6.54 Å². The second kappa shape index (κ2) is 5.12. The minimum atomic E-state index is 0.0392. The molecule has 3 rings (SSSR count). The summed E-state index contributed by atoms with van der Waals surface area (Å²) in [5, 5.41) is 0. The van der Waals surface area contributed by atoms with E-state index in [-0.39, 0.29) is 11.6 Å². The van der Waals surface area contributed by atoms with E-state index in [1.807, 2.05) is 22.8 Å². The number of hydrogen-bond donors (Lipinski definition) is 1. The number of fused-ring (bicyclic) bond motifs is 1. The van der Waals surface area contributed by atoms with Crippen LogP contribution in [0.2, 0.25) is 4.34 Å². The highest BCUT2D eigenvalue weighted by Gasteiger charge is 2.20. The van der Waals surface area contributed by atoms with Crippen molar-refractivity contribution in [2.45, 2.75) is 31.8 Å². The van der Waals surface area contributed by atoms with Gasteiger partial charge in [0.25, 0.3) is 5.56 Å². The number of hydrogen-bond acceptors (Lipinski definition) is 3. The lowest BCUT2D eigenvalue weighted by atomic mass is 9.91. The molecule has 0 spiro atoms. The molecule has 1 atom stereocenters. The molecule has 0 saturated heterocycles. The summed E-state index contributed by atoms with van der Waals surface area (Å²) in [7, 11) is 0. The molecule has 1 aliphatic rings. The molecule has 5 heteroatoms. The van der Waals surface area contributed by atoms with Gasteiger partial charge in [0.05, 0.1) is 10.9 Å². The van der Waals surface area contributed by atoms with Gasteiger partial charge in [0.15, 0.2) is 0 Å². The van der Waals surface area contributed by atoms with Crippen LogP contribution in [0.15, 0.2) is 29.1 Å². The highest BCUT2D eigenvalue weighted by atomic mass is 35.5. The average molecular weight is 295 g/mol. The SMILES string of the molecule is NC1CCCc2c1ccc(=O)n2Cc1ccc(Cl)s1. The summed E-state index contributed by atoms with van der Waals surface area (Å²) >= 11 is 7.46. The molecule has 1 unspecified atom stereocenters. The van der Waals surface area contributed by atoms with Gasteiger partial charge < -0.3 is 10.3 Å². The van der Waals surface area contributed by atoms with E-state index in [4.69, 9.17) is 17.3 Å². The van der Waals surface area contributed by atoms with Crippen LogP contribution >= 0.6 is 22.9 Å². The first-order valence-electron chi connectivity index (χ1n) is 6.37. The van der Waals surface area contributed by atoms with Crippen molar-refractivity contribution in [3.05, 3.63) is 55.1 Å². The van der Waals surface area contributed by atoms with E-state index < -0.39 is 0 Å². The van der Waals surface area contributed by atoms with Gasteiger partial charge in [-0.25, -0.2) is 0 Å². The summed E-state index contributed by atoms with van der Waals surface area (Å²) in [6.45, 7) is 0.589. The zero-order chi connectivity index (χ0) is 13.4. The predicted molar refractivity (Wildman–Crippen MR) is 79.0 cm³/mol. The van der Waals surface area contributed by atoms with Crippen molar-refractivity contribution in [3.8, 4) is 0 Å². The minimum Gasteiger partial charge on any atom is -0.324 e. The zero-order valence-corrected chi connectivity index (χ0v) is 12.0. The third kappa shape index (κ3) is 2.48. The molecule has 0 bridgehead atoms. The molecule has 100 valence electrons. The zero-order valence-electron chi connectivity index (χ0n) is 10.4. The molecule has 3 nitrogen and oxygen atoms in total. The third-order valence-corrected chi connectivity index (χ3v) is 4.82. The standard InChI is InChI=1S/C14H15ClN2OS/c15-13-6-4-9(19-13)8-17-12-3-1-2-11(16)10(12)5-7-14(17)18/h4-7,11H,1-3,8,16H2. The summed E-state index contributed by atoms with van der Waals surface area (Å²) in [5.41, 5.74) is 8.38. The van der Waals surface area contributed by atoms with E-state index in [1.54, 1.807) is 6.07 Å². The van der Waals surface area contributed by atoms with Crippen LogP contribution in [0.4, 0.5) is 0 Å². The fourth-order valence-corrected chi connectivity index (χ4v) is 3.74. The number of aromatic nitrogens is 1. The Kier molecular flexibility index (Phi) is 3.48. The van der Waals surface area contributed by atoms with E-state index in [2.05, 4.69) is 0 Å². The molecule has 2 aromatic heterocycles. The highest BCUT2D eigenvalue weighted by molar-refractivity contribution is 7.16. The maximum atomic E-state index is 12.1. The topological polar surface area (TPSA) is 48.0 Å². The van der Waals surface area contributed by atoms with E-state index in [0.717, 1.165) is 39.7 Å². The Morgan fingerprint density at radius 3 is 2.95 bits per heavy atom. The van der Waals surface area contributed by atoms with E-state index in [1.165, 1.54) is 11.3 Å². The Bertz CT molecular complexity index is 662. The third-order valence-electron chi connectivity index (χ3n) is 3.60. The highest BCUT2D eigenvalue weighted by Crippen LogP contribution is 2.28. The average Bonchev–Trinajstić information content (AvgIpc) is 2.79. The van der Waals surface area contributed by atoms with Crippen LogP contribution in [-0.4, -0.2) is 4.57 Å². The number of halogens is 1. The molecule has 2 aromatic rings. The van der Waals surface area contributed by atoms with Gasteiger partial charge in [-0.2, -0.15) is 0 Å². The molecular formula is C14H15ClN2OS. The van der Waals surface area contributed by atoms with Gasteiger partial charge in [-0.05, 0) is 37.0 Å². The Labute approximate surface area is 120 Å². The molecule has 0 fully saturated rings. The second-order valence-electron chi connectivity index (χ2n) is 4.86. The monoisotopic (exact) mass is 294 g/mol. The van der Waals surface area contributed by atoms with Gasteiger partial charge in [-0.3, -0.25) is 4.79 Å². The predicted octanol–water partition coefficient (Wildman–Crippen LogP) is 2.95. The normalized spacial score (nSPS) is 18.3. The molecule has 2 heterocycles. The van der Waals surface area contributed by atoms with Crippen molar-refractivity contribution in [2.24, 2.45) is 5.73 Å². The lowest BCUT2D eigenvalue weighted by Gasteiger charge is -2.25. The first-order valence-corrected chi connectivity index (χ1v) is 7.57. The summed E-state index contributed by atoms with van der Waals surface area (Å²) in [5.74, 6) is 0. The van der Waals surface area contributed by atoms with Crippen LogP contribution in [0.1, 0.15) is 35.0 Å². The second-order valence-corrected chi connectivity index (χ2v) is 6.66. The van der Waals surface area contributed by atoms with Crippen LogP contribution in [0.25, 0.3) is 0 Å². The number of pyridine rings is 1. The van der Waals surface area contributed by atoms with Gasteiger partial charge in [0.2, 0.25) is 0 Å². The minimum absolute atomic E-state index is 0.0392. The number of rotatable bonds is 2. The van der Waals surface area contributed by atoms with Crippen molar-refractivity contribution >= 4 is 22.9 Å². The maximum Gasteiger partial charge on any atom is 0.251 e. The van der Waals surface area contributed by atoms with E-state index in [9.17, 15) is 4.79 Å². The van der Waals surface area contributed by atoms with Gasteiger partial charge in [0.1, 0.15) is 0 Å². The number of thiophene rings is 1. The molecule has 19 heavy (non-hydrogen) atoms. The van der Waals surface area contributed by atoms with Crippen molar-refractivity contribution in [1.82, 2.24) is 4.57 Å². The summed E-state index contributed by atoms with van der Waals surface area (Å²) in [6, 6.07) is 7.41. The maximum absolute atomic E-state index is 12.1. The van der Waals surface area contributed by atoms with Gasteiger partial charge in [-0.1, -0.05) is 17.7 Å². The lowest BCUT2D eigenvalue weighted by Crippen LogP contribution is -2.29. The Hall–Kier alpha value is -1.10. The molecule has 1 aliphatic carbocycles. The summed E-state index contributed by atoms with van der Waals surface area (Å²) < 4.78 is 2.60. The van der Waals surface area contributed by atoms with Crippen molar-refractivity contribution < 1.29 is 0 Å². The lowest BCUT2D eigenvalue weighted by molar-refractivity contribution is 0.530. The van der Waals surface area contributed by atoms with Crippen LogP contribution < -0.4 is 11.3 Å². The molecule has 0 aliphatic heterocycles. The van der Waals surface area contributed by atoms with Crippen LogP contribution in [0.3, 0.4) is 0 Å². The number of nitrogens with two attached hydrogens (primary N) is 1.